The summed E-state index contributed by atoms with van der Waals surface area (Å²) in [6.45, 7) is 0.736. The van der Waals surface area contributed by atoms with Crippen LogP contribution in [-0.4, -0.2) is 41.7 Å². The zero-order valence-corrected chi connectivity index (χ0v) is 17.5. The minimum atomic E-state index is -0.262. The lowest BCUT2D eigenvalue weighted by Gasteiger charge is -2.17. The van der Waals surface area contributed by atoms with Gasteiger partial charge in [-0.2, -0.15) is 5.10 Å². The van der Waals surface area contributed by atoms with Crippen molar-refractivity contribution >= 4 is 5.91 Å². The molecule has 1 heterocycles. The van der Waals surface area contributed by atoms with E-state index in [-0.39, 0.29) is 11.7 Å². The smallest absolute Gasteiger partial charge is 0.226 e. The van der Waals surface area contributed by atoms with Crippen molar-refractivity contribution in [3.8, 4) is 17.0 Å². The first-order valence-electron chi connectivity index (χ1n) is 10.2. The number of aromatic nitrogens is 2. The Labute approximate surface area is 176 Å². The van der Waals surface area contributed by atoms with Crippen molar-refractivity contribution in [1.82, 2.24) is 15.1 Å². The number of likely N-dealkylation sites (N-methyl/N-ethyl adjacent to an activating group) is 1. The number of amides is 1. The van der Waals surface area contributed by atoms with E-state index < -0.39 is 0 Å². The van der Waals surface area contributed by atoms with Crippen LogP contribution in [0.25, 0.3) is 11.3 Å². The Balaban J connectivity index is 1.37. The number of ether oxygens (including phenoxy) is 1. The fraction of sp³-hybridized carbons (Fsp3) is 0.333. The van der Waals surface area contributed by atoms with Crippen LogP contribution in [-0.2, 0) is 17.6 Å². The van der Waals surface area contributed by atoms with Gasteiger partial charge in [0.25, 0.3) is 0 Å². The molecule has 0 aliphatic rings. The highest BCUT2D eigenvalue weighted by Gasteiger charge is 2.10. The Morgan fingerprint density at radius 2 is 1.93 bits per heavy atom. The first-order valence-corrected chi connectivity index (χ1v) is 10.2. The quantitative estimate of drug-likeness (QED) is 0.497. The molecule has 30 heavy (non-hydrogen) atoms. The molecule has 5 nitrogen and oxygen atoms in total. The predicted octanol–water partition coefficient (Wildman–Crippen LogP) is 4.64. The largest absolute Gasteiger partial charge is 0.497 e. The highest BCUT2D eigenvalue weighted by atomic mass is 19.1. The molecule has 2 aromatic carbocycles. The summed E-state index contributed by atoms with van der Waals surface area (Å²) in [5.41, 5.74) is 3.53. The molecule has 0 fully saturated rings. The first kappa shape index (κ1) is 21.6. The number of nitrogens with zero attached hydrogens (tertiary/aromatic N) is 2. The second-order valence-electron chi connectivity index (χ2n) is 7.44. The lowest BCUT2D eigenvalue weighted by molar-refractivity contribution is -0.129. The van der Waals surface area contributed by atoms with E-state index in [1.54, 1.807) is 18.1 Å². The molecule has 0 atom stereocenters. The Kier molecular flexibility index (Phi) is 7.60. The minimum Gasteiger partial charge on any atom is -0.497 e. The minimum absolute atomic E-state index is 0.108. The molecule has 1 amide bonds. The number of hydrogen-bond donors (Lipinski definition) is 1. The average Bonchev–Trinajstić information content (AvgIpc) is 3.22. The third-order valence-corrected chi connectivity index (χ3v) is 5.11. The zero-order valence-electron chi connectivity index (χ0n) is 17.5. The topological polar surface area (TPSA) is 58.2 Å². The number of benzene rings is 2. The molecule has 0 unspecified atom stereocenters. The van der Waals surface area contributed by atoms with Crippen molar-refractivity contribution in [3.05, 3.63) is 71.7 Å². The van der Waals surface area contributed by atoms with Gasteiger partial charge in [0.15, 0.2) is 0 Å². The Morgan fingerprint density at radius 3 is 2.73 bits per heavy atom. The summed E-state index contributed by atoms with van der Waals surface area (Å²) in [5.74, 6) is 0.612. The number of unbranched alkanes of at least 4 members (excludes halogenated alkanes) is 2. The van der Waals surface area contributed by atoms with Crippen LogP contribution in [0.2, 0.25) is 0 Å². The molecule has 0 aliphatic carbocycles. The highest BCUT2D eigenvalue weighted by molar-refractivity contribution is 5.78. The molecule has 0 aliphatic heterocycles. The van der Waals surface area contributed by atoms with Crippen molar-refractivity contribution in [2.75, 3.05) is 20.7 Å². The lowest BCUT2D eigenvalue weighted by Crippen LogP contribution is -2.29. The van der Waals surface area contributed by atoms with Gasteiger partial charge in [-0.3, -0.25) is 9.89 Å². The molecular weight excluding hydrogens is 381 g/mol. The van der Waals surface area contributed by atoms with Gasteiger partial charge in [-0.25, -0.2) is 4.39 Å². The van der Waals surface area contributed by atoms with Crippen molar-refractivity contribution < 1.29 is 13.9 Å². The Hall–Kier alpha value is -3.15. The van der Waals surface area contributed by atoms with Gasteiger partial charge in [-0.15, -0.1) is 0 Å². The summed E-state index contributed by atoms with van der Waals surface area (Å²) in [5, 5.41) is 7.31. The number of methoxy groups -OCH3 is 1. The molecular formula is C24H28FN3O2. The number of carbonyl (C=O) groups excluding carboxylic acids is 1. The van der Waals surface area contributed by atoms with E-state index in [2.05, 4.69) is 10.2 Å². The van der Waals surface area contributed by atoms with Gasteiger partial charge in [-0.1, -0.05) is 30.7 Å². The number of hydrogen-bond acceptors (Lipinski definition) is 3. The van der Waals surface area contributed by atoms with Crippen LogP contribution >= 0.6 is 0 Å². The van der Waals surface area contributed by atoms with Gasteiger partial charge in [0.05, 0.1) is 19.2 Å². The van der Waals surface area contributed by atoms with E-state index in [1.807, 2.05) is 43.4 Å². The van der Waals surface area contributed by atoms with Crippen LogP contribution in [0, 0.1) is 5.82 Å². The molecule has 1 N–H and O–H groups in total. The van der Waals surface area contributed by atoms with Crippen LogP contribution in [0.4, 0.5) is 4.39 Å². The third-order valence-electron chi connectivity index (χ3n) is 5.11. The van der Waals surface area contributed by atoms with E-state index in [1.165, 1.54) is 12.1 Å². The summed E-state index contributed by atoms with van der Waals surface area (Å²) >= 11 is 0. The number of aromatic amines is 1. The van der Waals surface area contributed by atoms with Crippen molar-refractivity contribution in [1.29, 1.82) is 0 Å². The monoisotopic (exact) mass is 409 g/mol. The SMILES string of the molecule is COc1cccc(CC(=O)N(C)CCCCCc2cc(-c3cccc(F)c3)n[nH]2)c1. The molecule has 0 spiro atoms. The Bertz CT molecular complexity index is 970. The van der Waals surface area contributed by atoms with Gasteiger partial charge in [0.2, 0.25) is 5.91 Å². The van der Waals surface area contributed by atoms with E-state index >= 15 is 0 Å². The summed E-state index contributed by atoms with van der Waals surface area (Å²) in [4.78, 5) is 14.2. The molecule has 0 saturated heterocycles. The molecule has 6 heteroatoms. The summed E-state index contributed by atoms with van der Waals surface area (Å²) in [6, 6.07) is 16.0. The van der Waals surface area contributed by atoms with E-state index in [9.17, 15) is 9.18 Å². The van der Waals surface area contributed by atoms with Crippen LogP contribution < -0.4 is 4.74 Å². The van der Waals surface area contributed by atoms with Gasteiger partial charge in [0, 0.05) is 24.8 Å². The van der Waals surface area contributed by atoms with Crippen molar-refractivity contribution in [2.45, 2.75) is 32.1 Å². The van der Waals surface area contributed by atoms with Gasteiger partial charge < -0.3 is 9.64 Å². The number of rotatable bonds is 10. The fourth-order valence-electron chi connectivity index (χ4n) is 3.34. The van der Waals surface area contributed by atoms with Gasteiger partial charge in [-0.05, 0) is 55.2 Å². The van der Waals surface area contributed by atoms with Crippen LogP contribution in [0.5, 0.6) is 5.75 Å². The van der Waals surface area contributed by atoms with Crippen LogP contribution in [0.15, 0.2) is 54.6 Å². The number of carbonyl (C=O) groups is 1. The number of H-pyrrole nitrogens is 1. The van der Waals surface area contributed by atoms with Gasteiger partial charge >= 0.3 is 0 Å². The van der Waals surface area contributed by atoms with Gasteiger partial charge in [0.1, 0.15) is 11.6 Å². The maximum atomic E-state index is 13.4. The molecule has 0 bridgehead atoms. The predicted molar refractivity (Wildman–Crippen MR) is 116 cm³/mol. The maximum Gasteiger partial charge on any atom is 0.226 e. The molecule has 158 valence electrons. The average molecular weight is 410 g/mol. The van der Waals surface area contributed by atoms with E-state index in [0.29, 0.717) is 6.42 Å². The van der Waals surface area contributed by atoms with E-state index in [0.717, 1.165) is 60.5 Å². The van der Waals surface area contributed by atoms with Crippen molar-refractivity contribution in [3.63, 3.8) is 0 Å². The first-order chi connectivity index (χ1) is 14.5. The number of aryl methyl sites for hydroxylation is 1. The highest BCUT2D eigenvalue weighted by Crippen LogP contribution is 2.19. The number of halogens is 1. The molecule has 0 saturated carbocycles. The second-order valence-corrected chi connectivity index (χ2v) is 7.44. The van der Waals surface area contributed by atoms with Crippen LogP contribution in [0.1, 0.15) is 30.5 Å². The maximum absolute atomic E-state index is 13.4. The van der Waals surface area contributed by atoms with Crippen LogP contribution in [0.3, 0.4) is 0 Å². The molecule has 1 aromatic heterocycles. The summed E-state index contributed by atoms with van der Waals surface area (Å²) in [6.07, 6.45) is 4.23. The fourth-order valence-corrected chi connectivity index (χ4v) is 3.34. The molecule has 0 radical (unpaired) electrons. The second kappa shape index (κ2) is 10.6. The standard InChI is InChI=1S/C24H28FN3O2/c1-28(24(29)15-18-8-6-12-22(14-18)30-2)13-5-3-4-11-21-17-23(27-26-21)19-9-7-10-20(25)16-19/h6-10,12,14,16-17H,3-5,11,13,15H2,1-2H3,(H,26,27). The van der Waals surface area contributed by atoms with E-state index in [4.69, 9.17) is 4.74 Å². The molecule has 3 aromatic rings. The number of nitrogens with one attached hydrogen (secondary N) is 1. The Morgan fingerprint density at radius 1 is 1.10 bits per heavy atom. The third kappa shape index (κ3) is 6.17. The molecule has 3 rings (SSSR count). The van der Waals surface area contributed by atoms with Crippen molar-refractivity contribution in [2.24, 2.45) is 0 Å². The lowest BCUT2D eigenvalue weighted by atomic mass is 10.1. The summed E-state index contributed by atoms with van der Waals surface area (Å²) in [7, 11) is 3.47. The normalized spacial score (nSPS) is 10.8. The zero-order chi connectivity index (χ0) is 21.3. The summed E-state index contributed by atoms with van der Waals surface area (Å²) < 4.78 is 18.6.